The van der Waals surface area contributed by atoms with Crippen molar-refractivity contribution < 1.29 is 18.7 Å². The molecule has 1 saturated heterocycles. The number of aromatic amines is 1. The van der Waals surface area contributed by atoms with Crippen LogP contribution in [0.1, 0.15) is 6.42 Å². The van der Waals surface area contributed by atoms with Crippen molar-refractivity contribution in [3.8, 4) is 5.75 Å². The zero-order chi connectivity index (χ0) is 19.0. The van der Waals surface area contributed by atoms with Crippen molar-refractivity contribution in [2.75, 3.05) is 23.9 Å². The Kier molecular flexibility index (Phi) is 4.23. The molecule has 1 atom stereocenters. The lowest BCUT2D eigenvalue weighted by atomic mass is 10.1. The highest BCUT2D eigenvalue weighted by atomic mass is 19.1. The summed E-state index contributed by atoms with van der Waals surface area (Å²) in [4.78, 5) is 26.4. The fraction of sp³-hybridized carbons (Fsp3) is 0.211. The van der Waals surface area contributed by atoms with Crippen molar-refractivity contribution in [1.29, 1.82) is 0 Å². The first-order valence-electron chi connectivity index (χ1n) is 8.45. The van der Waals surface area contributed by atoms with Gasteiger partial charge in [-0.25, -0.2) is 4.39 Å². The first kappa shape index (κ1) is 17.0. The summed E-state index contributed by atoms with van der Waals surface area (Å²) in [5.74, 6) is -0.859. The number of hydrogen-bond donors (Lipinski definition) is 2. The quantitative estimate of drug-likeness (QED) is 0.741. The number of ether oxygens (including phenoxy) is 1. The summed E-state index contributed by atoms with van der Waals surface area (Å²) in [6.45, 7) is 0.133. The minimum Gasteiger partial charge on any atom is -0.495 e. The van der Waals surface area contributed by atoms with Crippen LogP contribution in [0, 0.1) is 11.7 Å². The average Bonchev–Trinajstić information content (AvgIpc) is 3.26. The number of carbonyl (C=O) groups excluding carboxylic acids is 2. The molecular weight excluding hydrogens is 351 g/mol. The van der Waals surface area contributed by atoms with Gasteiger partial charge in [0, 0.05) is 13.0 Å². The number of amides is 2. The van der Waals surface area contributed by atoms with Crippen molar-refractivity contribution in [2.45, 2.75) is 6.42 Å². The highest BCUT2D eigenvalue weighted by Gasteiger charge is 2.37. The van der Waals surface area contributed by atoms with Crippen molar-refractivity contribution in [1.82, 2.24) is 10.2 Å². The van der Waals surface area contributed by atoms with Crippen LogP contribution >= 0.6 is 0 Å². The van der Waals surface area contributed by atoms with Gasteiger partial charge in [0.15, 0.2) is 5.82 Å². The molecule has 1 aliphatic heterocycles. The van der Waals surface area contributed by atoms with Gasteiger partial charge in [-0.3, -0.25) is 19.6 Å². The fourth-order valence-corrected chi connectivity index (χ4v) is 3.28. The molecule has 0 spiro atoms. The lowest BCUT2D eigenvalue weighted by Crippen LogP contribution is -2.28. The van der Waals surface area contributed by atoms with E-state index in [4.69, 9.17) is 4.74 Å². The molecule has 8 heteroatoms. The normalized spacial score (nSPS) is 16.7. The van der Waals surface area contributed by atoms with E-state index in [0.29, 0.717) is 17.0 Å². The van der Waals surface area contributed by atoms with Crippen LogP contribution in [0.2, 0.25) is 0 Å². The minimum absolute atomic E-state index is 0.0315. The Morgan fingerprint density at radius 2 is 2.11 bits per heavy atom. The number of hydrogen-bond acceptors (Lipinski definition) is 4. The second-order valence-corrected chi connectivity index (χ2v) is 6.30. The molecule has 1 aliphatic rings. The van der Waals surface area contributed by atoms with Crippen LogP contribution in [0.25, 0.3) is 10.9 Å². The van der Waals surface area contributed by atoms with E-state index in [2.05, 4.69) is 15.5 Å². The molecule has 1 aromatic heterocycles. The Morgan fingerprint density at radius 1 is 1.30 bits per heavy atom. The molecule has 1 unspecified atom stereocenters. The Balaban J connectivity index is 1.56. The topological polar surface area (TPSA) is 87.3 Å². The third-order valence-electron chi connectivity index (χ3n) is 4.64. The molecule has 0 bridgehead atoms. The summed E-state index contributed by atoms with van der Waals surface area (Å²) in [6, 6.07) is 11.6. The smallest absolute Gasteiger partial charge is 0.229 e. The van der Waals surface area contributed by atoms with Crippen molar-refractivity contribution >= 4 is 34.2 Å². The Labute approximate surface area is 154 Å². The standard InChI is InChI=1S/C19H17FN4O3/c1-27-15-8-3-2-6-13(15)21-19(26)11-9-16(25)24(10-11)18-17-12(20)5-4-7-14(17)22-23-18/h2-8,11H,9-10H2,1H3,(H,21,26)(H,22,23). The van der Waals surface area contributed by atoms with Crippen LogP contribution in [0.4, 0.5) is 15.9 Å². The lowest BCUT2D eigenvalue weighted by Gasteiger charge is -2.15. The van der Waals surface area contributed by atoms with E-state index in [9.17, 15) is 14.0 Å². The average molecular weight is 368 g/mol. The Morgan fingerprint density at radius 3 is 2.93 bits per heavy atom. The molecule has 1 fully saturated rings. The molecule has 3 aromatic rings. The highest BCUT2D eigenvalue weighted by molar-refractivity contribution is 6.07. The number of halogens is 1. The van der Waals surface area contributed by atoms with Gasteiger partial charge in [-0.1, -0.05) is 18.2 Å². The molecule has 2 heterocycles. The first-order valence-corrected chi connectivity index (χ1v) is 8.45. The number of benzene rings is 2. The second-order valence-electron chi connectivity index (χ2n) is 6.30. The molecule has 2 aromatic carbocycles. The van der Waals surface area contributed by atoms with Gasteiger partial charge in [0.25, 0.3) is 0 Å². The van der Waals surface area contributed by atoms with Gasteiger partial charge >= 0.3 is 0 Å². The number of para-hydroxylation sites is 2. The van der Waals surface area contributed by atoms with Crippen molar-refractivity contribution in [2.24, 2.45) is 5.92 Å². The first-order chi connectivity index (χ1) is 13.1. The summed E-state index contributed by atoms with van der Waals surface area (Å²) in [6.07, 6.45) is 0.0315. The van der Waals surface area contributed by atoms with Crippen molar-refractivity contribution in [3.63, 3.8) is 0 Å². The molecule has 2 N–H and O–H groups in total. The number of rotatable bonds is 4. The molecule has 27 heavy (non-hydrogen) atoms. The predicted molar refractivity (Wildman–Crippen MR) is 98.1 cm³/mol. The zero-order valence-electron chi connectivity index (χ0n) is 14.5. The second kappa shape index (κ2) is 6.71. The molecule has 4 rings (SSSR count). The summed E-state index contributed by atoms with van der Waals surface area (Å²) in [7, 11) is 1.52. The van der Waals surface area contributed by atoms with Gasteiger partial charge < -0.3 is 10.1 Å². The number of fused-ring (bicyclic) bond motifs is 1. The SMILES string of the molecule is COc1ccccc1NC(=O)C1CC(=O)N(c2n[nH]c3cccc(F)c23)C1. The number of nitrogens with zero attached hydrogens (tertiary/aromatic N) is 2. The van der Waals surface area contributed by atoms with E-state index >= 15 is 0 Å². The molecule has 138 valence electrons. The van der Waals surface area contributed by atoms with Crippen LogP contribution < -0.4 is 15.0 Å². The van der Waals surface area contributed by atoms with Gasteiger partial charge in [0.1, 0.15) is 11.6 Å². The third kappa shape index (κ3) is 2.99. The van der Waals surface area contributed by atoms with E-state index in [1.807, 2.05) is 0 Å². The molecule has 2 amide bonds. The summed E-state index contributed by atoms with van der Waals surface area (Å²) in [5, 5.41) is 9.85. The molecular formula is C19H17FN4O3. The molecule has 0 radical (unpaired) electrons. The van der Waals surface area contributed by atoms with Gasteiger partial charge in [-0.05, 0) is 24.3 Å². The summed E-state index contributed by atoms with van der Waals surface area (Å²) < 4.78 is 19.4. The summed E-state index contributed by atoms with van der Waals surface area (Å²) in [5.41, 5.74) is 1.03. The Hall–Kier alpha value is -3.42. The van der Waals surface area contributed by atoms with Gasteiger partial charge in [-0.15, -0.1) is 0 Å². The van der Waals surface area contributed by atoms with Crippen LogP contribution in [0.15, 0.2) is 42.5 Å². The summed E-state index contributed by atoms with van der Waals surface area (Å²) >= 11 is 0. The largest absolute Gasteiger partial charge is 0.495 e. The molecule has 0 saturated carbocycles. The van der Waals surface area contributed by atoms with E-state index in [1.54, 1.807) is 36.4 Å². The number of aromatic nitrogens is 2. The number of nitrogens with one attached hydrogen (secondary N) is 2. The molecule has 7 nitrogen and oxygen atoms in total. The number of methoxy groups -OCH3 is 1. The fourth-order valence-electron chi connectivity index (χ4n) is 3.28. The van der Waals surface area contributed by atoms with Gasteiger partial charge in [0.05, 0.1) is 29.6 Å². The van der Waals surface area contributed by atoms with E-state index in [-0.39, 0.29) is 36.0 Å². The third-order valence-corrected chi connectivity index (χ3v) is 4.64. The Bertz CT molecular complexity index is 1030. The van der Waals surface area contributed by atoms with Crippen molar-refractivity contribution in [3.05, 3.63) is 48.3 Å². The minimum atomic E-state index is -0.569. The maximum absolute atomic E-state index is 14.2. The van der Waals surface area contributed by atoms with Crippen LogP contribution in [0.3, 0.4) is 0 Å². The van der Waals surface area contributed by atoms with E-state index in [0.717, 1.165) is 0 Å². The zero-order valence-corrected chi connectivity index (χ0v) is 14.5. The van der Waals surface area contributed by atoms with Gasteiger partial charge in [-0.2, -0.15) is 5.10 Å². The maximum atomic E-state index is 14.2. The lowest BCUT2D eigenvalue weighted by molar-refractivity contribution is -0.122. The monoisotopic (exact) mass is 368 g/mol. The van der Waals surface area contributed by atoms with E-state index < -0.39 is 11.7 Å². The number of anilines is 2. The van der Waals surface area contributed by atoms with Gasteiger partial charge in [0.2, 0.25) is 11.8 Å². The maximum Gasteiger partial charge on any atom is 0.229 e. The van der Waals surface area contributed by atoms with Crippen LogP contribution in [0.5, 0.6) is 5.75 Å². The molecule has 0 aliphatic carbocycles. The van der Waals surface area contributed by atoms with Crippen LogP contribution in [-0.4, -0.2) is 35.7 Å². The van der Waals surface area contributed by atoms with E-state index in [1.165, 1.54) is 18.1 Å². The highest BCUT2D eigenvalue weighted by Crippen LogP contribution is 2.32. The number of H-pyrrole nitrogens is 1. The number of carbonyl (C=O) groups is 2. The van der Waals surface area contributed by atoms with Crippen LogP contribution in [-0.2, 0) is 9.59 Å². The predicted octanol–water partition coefficient (Wildman–Crippen LogP) is 2.70.